The normalized spacial score (nSPS) is 16.8. The van der Waals surface area contributed by atoms with Crippen LogP contribution in [0.4, 0.5) is 0 Å². The van der Waals surface area contributed by atoms with Crippen molar-refractivity contribution in [2.45, 2.75) is 31.1 Å². The number of carbonyl (C=O) groups is 2. The van der Waals surface area contributed by atoms with Crippen molar-refractivity contribution in [1.29, 1.82) is 0 Å². The summed E-state index contributed by atoms with van der Waals surface area (Å²) in [5.74, 6) is 0.656. The molecular formula is C23H23N5O3S. The molecule has 1 aliphatic heterocycles. The predicted molar refractivity (Wildman–Crippen MR) is 119 cm³/mol. The van der Waals surface area contributed by atoms with Gasteiger partial charge in [0, 0.05) is 30.9 Å². The first-order chi connectivity index (χ1) is 15.6. The Hall–Kier alpha value is -3.33. The zero-order valence-corrected chi connectivity index (χ0v) is 18.5. The van der Waals surface area contributed by atoms with E-state index in [-0.39, 0.29) is 18.2 Å². The Morgan fingerprint density at radius 3 is 2.59 bits per heavy atom. The van der Waals surface area contributed by atoms with E-state index in [1.165, 1.54) is 11.3 Å². The smallest absolute Gasteiger partial charge is 0.251 e. The summed E-state index contributed by atoms with van der Waals surface area (Å²) in [6, 6.07) is 7.67. The van der Waals surface area contributed by atoms with E-state index in [9.17, 15) is 9.59 Å². The average Bonchev–Trinajstić information content (AvgIpc) is 3.26. The van der Waals surface area contributed by atoms with Gasteiger partial charge in [-0.1, -0.05) is 12.1 Å². The van der Waals surface area contributed by atoms with Crippen LogP contribution in [-0.4, -0.2) is 57.0 Å². The molecule has 5 rings (SSSR count). The number of hydrogen-bond donors (Lipinski definition) is 0. The monoisotopic (exact) mass is 449 g/mol. The first kappa shape index (κ1) is 20.6. The topological polar surface area (TPSA) is 88.5 Å². The summed E-state index contributed by atoms with van der Waals surface area (Å²) >= 11 is 1.43. The molecule has 8 nitrogen and oxygen atoms in total. The molecule has 2 amide bonds. The van der Waals surface area contributed by atoms with Gasteiger partial charge in [0.2, 0.25) is 5.91 Å². The van der Waals surface area contributed by atoms with Gasteiger partial charge in [0.15, 0.2) is 0 Å². The highest BCUT2D eigenvalue weighted by Gasteiger charge is 2.54. The number of nitrogens with zero attached hydrogens (tertiary/aromatic N) is 5. The van der Waals surface area contributed by atoms with E-state index >= 15 is 0 Å². The molecule has 0 bridgehead atoms. The van der Waals surface area contributed by atoms with E-state index in [4.69, 9.17) is 4.74 Å². The number of thiazole rings is 1. The van der Waals surface area contributed by atoms with Gasteiger partial charge in [-0.3, -0.25) is 29.6 Å². The quantitative estimate of drug-likeness (QED) is 0.575. The molecule has 0 atom stereocenters. The molecule has 0 N–H and O–H groups in total. The van der Waals surface area contributed by atoms with Crippen LogP contribution in [0, 0.1) is 0 Å². The summed E-state index contributed by atoms with van der Waals surface area (Å²) in [5, 5.41) is 5.85. The third-order valence-electron chi connectivity index (χ3n) is 6.02. The molecule has 2 aromatic heterocycles. The Bertz CT molecular complexity index is 1130. The largest absolute Gasteiger partial charge is 0.497 e. The molecule has 1 saturated carbocycles. The van der Waals surface area contributed by atoms with Gasteiger partial charge in [0.05, 0.1) is 30.8 Å². The summed E-state index contributed by atoms with van der Waals surface area (Å²) in [5.41, 5.74) is 1.81. The van der Waals surface area contributed by atoms with E-state index in [0.717, 1.165) is 35.6 Å². The van der Waals surface area contributed by atoms with Crippen molar-refractivity contribution in [2.24, 2.45) is 0 Å². The number of hydrazine groups is 1. The van der Waals surface area contributed by atoms with Gasteiger partial charge in [-0.25, -0.2) is 4.98 Å². The van der Waals surface area contributed by atoms with Crippen LogP contribution in [0.15, 0.2) is 48.2 Å². The molecular weight excluding hydrogens is 426 g/mol. The molecule has 0 unspecified atom stereocenters. The zero-order valence-electron chi connectivity index (χ0n) is 17.7. The third kappa shape index (κ3) is 3.73. The van der Waals surface area contributed by atoms with Gasteiger partial charge in [-0.05, 0) is 37.0 Å². The second kappa shape index (κ2) is 8.31. The Balaban J connectivity index is 1.29. The number of hydrogen-bond acceptors (Lipinski definition) is 7. The Kier molecular flexibility index (Phi) is 5.34. The maximum atomic E-state index is 13.5. The Labute approximate surface area is 189 Å². The first-order valence-corrected chi connectivity index (χ1v) is 11.5. The van der Waals surface area contributed by atoms with E-state index in [0.29, 0.717) is 24.5 Å². The molecule has 32 heavy (non-hydrogen) atoms. The summed E-state index contributed by atoms with van der Waals surface area (Å²) in [7, 11) is 1.62. The van der Waals surface area contributed by atoms with Crippen molar-refractivity contribution >= 4 is 23.2 Å². The SMILES string of the molecule is COc1ccc(C2(C(=O)N3CCCN3C(=O)Cc3csc(-c4cnccn4)n3)CC2)cc1. The van der Waals surface area contributed by atoms with Crippen molar-refractivity contribution in [3.8, 4) is 16.5 Å². The molecule has 2 aliphatic rings. The van der Waals surface area contributed by atoms with Crippen LogP contribution in [0.25, 0.3) is 10.7 Å². The molecule has 0 radical (unpaired) electrons. The summed E-state index contributed by atoms with van der Waals surface area (Å²) in [6.07, 6.45) is 7.40. The molecule has 1 saturated heterocycles. The molecule has 1 aliphatic carbocycles. The van der Waals surface area contributed by atoms with E-state index in [1.807, 2.05) is 29.6 Å². The van der Waals surface area contributed by atoms with Gasteiger partial charge in [-0.2, -0.15) is 0 Å². The fourth-order valence-corrected chi connectivity index (χ4v) is 4.93. The van der Waals surface area contributed by atoms with E-state index < -0.39 is 5.41 Å². The van der Waals surface area contributed by atoms with Crippen molar-refractivity contribution in [2.75, 3.05) is 20.2 Å². The number of ether oxygens (including phenoxy) is 1. The third-order valence-corrected chi connectivity index (χ3v) is 6.94. The highest BCUT2D eigenvalue weighted by atomic mass is 32.1. The van der Waals surface area contributed by atoms with Gasteiger partial charge in [0.1, 0.15) is 16.5 Å². The minimum atomic E-state index is -0.533. The molecule has 1 aromatic carbocycles. The fraction of sp³-hybridized carbons (Fsp3) is 0.348. The number of benzene rings is 1. The van der Waals surface area contributed by atoms with Gasteiger partial charge in [-0.15, -0.1) is 11.3 Å². The molecule has 3 heterocycles. The van der Waals surface area contributed by atoms with Crippen LogP contribution < -0.4 is 4.74 Å². The van der Waals surface area contributed by atoms with Crippen molar-refractivity contribution in [3.63, 3.8) is 0 Å². The zero-order chi connectivity index (χ0) is 22.1. The summed E-state index contributed by atoms with van der Waals surface area (Å²) < 4.78 is 5.24. The van der Waals surface area contributed by atoms with Crippen molar-refractivity contribution in [3.05, 3.63) is 59.5 Å². The molecule has 3 aromatic rings. The van der Waals surface area contributed by atoms with Crippen molar-refractivity contribution < 1.29 is 14.3 Å². The second-order valence-corrected chi connectivity index (χ2v) is 8.88. The molecule has 2 fully saturated rings. The first-order valence-electron chi connectivity index (χ1n) is 10.6. The Morgan fingerprint density at radius 1 is 1.12 bits per heavy atom. The lowest BCUT2D eigenvalue weighted by Gasteiger charge is -2.31. The summed E-state index contributed by atoms with van der Waals surface area (Å²) in [4.78, 5) is 39.5. The minimum Gasteiger partial charge on any atom is -0.497 e. The number of carbonyl (C=O) groups excluding carboxylic acids is 2. The second-order valence-electron chi connectivity index (χ2n) is 8.02. The van der Waals surface area contributed by atoms with Crippen LogP contribution in [0.2, 0.25) is 0 Å². The maximum absolute atomic E-state index is 13.5. The average molecular weight is 450 g/mol. The van der Waals surface area contributed by atoms with Crippen LogP contribution in [-0.2, 0) is 21.4 Å². The lowest BCUT2D eigenvalue weighted by atomic mass is 9.94. The summed E-state index contributed by atoms with van der Waals surface area (Å²) in [6.45, 7) is 1.11. The molecule has 0 spiro atoms. The molecule has 9 heteroatoms. The van der Waals surface area contributed by atoms with Crippen molar-refractivity contribution in [1.82, 2.24) is 25.0 Å². The van der Waals surface area contributed by atoms with Crippen LogP contribution in [0.3, 0.4) is 0 Å². The molecule has 164 valence electrons. The number of aromatic nitrogens is 3. The van der Waals surface area contributed by atoms with E-state index in [1.54, 1.807) is 35.7 Å². The minimum absolute atomic E-state index is 0.00652. The maximum Gasteiger partial charge on any atom is 0.251 e. The predicted octanol–water partition coefficient (Wildman–Crippen LogP) is 2.86. The fourth-order valence-electron chi connectivity index (χ4n) is 4.15. The Morgan fingerprint density at radius 2 is 1.91 bits per heavy atom. The van der Waals surface area contributed by atoms with Gasteiger partial charge < -0.3 is 4.74 Å². The standard InChI is InChI=1S/C23H23N5O3S/c1-31-18-5-3-16(4-6-18)23(7-8-23)22(30)28-12-2-11-27(28)20(29)13-17-15-32-21(26-17)19-14-24-9-10-25-19/h3-6,9-10,14-15H,2,7-8,11-13H2,1H3. The number of amides is 2. The van der Waals surface area contributed by atoms with Crippen LogP contribution >= 0.6 is 11.3 Å². The van der Waals surface area contributed by atoms with E-state index in [2.05, 4.69) is 15.0 Å². The lowest BCUT2D eigenvalue weighted by Crippen LogP contribution is -2.49. The lowest BCUT2D eigenvalue weighted by molar-refractivity contribution is -0.159. The number of rotatable bonds is 6. The van der Waals surface area contributed by atoms with Gasteiger partial charge in [0.25, 0.3) is 5.91 Å². The highest BCUT2D eigenvalue weighted by Crippen LogP contribution is 2.50. The van der Waals surface area contributed by atoms with Gasteiger partial charge >= 0.3 is 0 Å². The van der Waals surface area contributed by atoms with Crippen LogP contribution in [0.1, 0.15) is 30.5 Å². The number of methoxy groups -OCH3 is 1. The van der Waals surface area contributed by atoms with Crippen LogP contribution in [0.5, 0.6) is 5.75 Å². The highest BCUT2D eigenvalue weighted by molar-refractivity contribution is 7.13.